The smallest absolute Gasteiger partial charge is 0.273 e. The zero-order valence-electron chi connectivity index (χ0n) is 18.8. The number of carbonyl (C=O) groups is 1. The summed E-state index contributed by atoms with van der Waals surface area (Å²) in [7, 11) is 1.94. The molecule has 0 fully saturated rings. The third kappa shape index (κ3) is 3.62. The number of halogens is 2. The molecule has 4 heterocycles. The number of pyridine rings is 1. The van der Waals surface area contributed by atoms with E-state index in [2.05, 4.69) is 18.8 Å². The topological polar surface area (TPSA) is 55.4 Å². The Hall–Kier alpha value is -2.83. The molecule has 1 aliphatic rings. The Labute approximate surface area is 202 Å². The van der Waals surface area contributed by atoms with Crippen LogP contribution >= 0.6 is 23.2 Å². The Morgan fingerprint density at radius 2 is 1.88 bits per heavy atom. The number of fused-ring (bicyclic) bond motifs is 2. The van der Waals surface area contributed by atoms with Crippen molar-refractivity contribution in [2.24, 2.45) is 7.05 Å². The van der Waals surface area contributed by atoms with Gasteiger partial charge in [0.25, 0.3) is 5.91 Å². The van der Waals surface area contributed by atoms with E-state index >= 15 is 0 Å². The SMILES string of the molecule is CCC1Cc2c(nn(C)c2-c2cc(Cl)cc(Cl)c2)C(CC)N1C(=O)c1cnc2ccccn12. The summed E-state index contributed by atoms with van der Waals surface area (Å²) in [5.41, 5.74) is 5.39. The van der Waals surface area contributed by atoms with Crippen LogP contribution in [0.2, 0.25) is 10.0 Å². The largest absolute Gasteiger partial charge is 0.325 e. The number of aryl methyl sites for hydroxylation is 1. The van der Waals surface area contributed by atoms with Crippen molar-refractivity contribution in [3.05, 3.63) is 75.8 Å². The van der Waals surface area contributed by atoms with E-state index in [4.69, 9.17) is 28.3 Å². The summed E-state index contributed by atoms with van der Waals surface area (Å²) in [6, 6.07) is 11.2. The average molecular weight is 482 g/mol. The molecule has 4 aromatic rings. The van der Waals surface area contributed by atoms with Crippen LogP contribution in [-0.4, -0.2) is 36.0 Å². The van der Waals surface area contributed by atoms with Gasteiger partial charge in [-0.15, -0.1) is 0 Å². The minimum atomic E-state index is -0.130. The van der Waals surface area contributed by atoms with E-state index in [1.54, 1.807) is 12.3 Å². The molecule has 0 radical (unpaired) electrons. The third-order valence-corrected chi connectivity index (χ3v) is 6.96. The van der Waals surface area contributed by atoms with E-state index in [9.17, 15) is 4.79 Å². The van der Waals surface area contributed by atoms with Gasteiger partial charge in [-0.1, -0.05) is 43.1 Å². The molecule has 5 rings (SSSR count). The summed E-state index contributed by atoms with van der Waals surface area (Å²) in [5, 5.41) is 6.08. The summed E-state index contributed by atoms with van der Waals surface area (Å²) in [6.45, 7) is 4.23. The van der Waals surface area contributed by atoms with Crippen LogP contribution in [0, 0.1) is 0 Å². The molecule has 1 aliphatic heterocycles. The first-order valence-corrected chi connectivity index (χ1v) is 12.0. The lowest BCUT2D eigenvalue weighted by atomic mass is 9.87. The molecule has 0 aliphatic carbocycles. The van der Waals surface area contributed by atoms with Gasteiger partial charge >= 0.3 is 0 Å². The number of hydrogen-bond acceptors (Lipinski definition) is 3. The maximum atomic E-state index is 13.9. The van der Waals surface area contributed by atoms with Gasteiger partial charge in [0.1, 0.15) is 11.3 Å². The number of rotatable bonds is 4. The van der Waals surface area contributed by atoms with Crippen LogP contribution in [0.4, 0.5) is 0 Å². The Kier molecular flexibility index (Phi) is 5.67. The summed E-state index contributed by atoms with van der Waals surface area (Å²) in [4.78, 5) is 20.3. The van der Waals surface area contributed by atoms with Gasteiger partial charge in [0, 0.05) is 40.5 Å². The molecule has 2 unspecified atom stereocenters. The van der Waals surface area contributed by atoms with Crippen LogP contribution < -0.4 is 0 Å². The summed E-state index contributed by atoms with van der Waals surface area (Å²) in [6.07, 6.45) is 5.87. The fourth-order valence-electron chi connectivity index (χ4n) is 5.09. The number of benzene rings is 1. The first kappa shape index (κ1) is 22.0. The molecule has 33 heavy (non-hydrogen) atoms. The molecule has 0 spiro atoms. The minimum absolute atomic E-state index is 0.0175. The number of nitrogens with zero attached hydrogens (tertiary/aromatic N) is 5. The number of aromatic nitrogens is 4. The average Bonchev–Trinajstić information content (AvgIpc) is 3.37. The van der Waals surface area contributed by atoms with Gasteiger partial charge in [-0.2, -0.15) is 5.10 Å². The fourth-order valence-corrected chi connectivity index (χ4v) is 5.62. The lowest BCUT2D eigenvalue weighted by molar-refractivity contribution is 0.0505. The van der Waals surface area contributed by atoms with Gasteiger partial charge in [0.2, 0.25) is 0 Å². The molecule has 0 N–H and O–H groups in total. The van der Waals surface area contributed by atoms with Crippen LogP contribution in [0.5, 0.6) is 0 Å². The highest BCUT2D eigenvalue weighted by Gasteiger charge is 2.40. The normalized spacial score (nSPS) is 18.0. The Balaban J connectivity index is 1.63. The molecule has 1 amide bonds. The fraction of sp³-hybridized carbons (Fsp3) is 0.320. The molecule has 170 valence electrons. The molecule has 0 bridgehead atoms. The van der Waals surface area contributed by atoms with Crippen molar-refractivity contribution >= 4 is 34.8 Å². The van der Waals surface area contributed by atoms with Gasteiger partial charge in [0.15, 0.2) is 0 Å². The molecule has 8 heteroatoms. The van der Waals surface area contributed by atoms with E-state index in [-0.39, 0.29) is 18.0 Å². The Bertz CT molecular complexity index is 1340. The monoisotopic (exact) mass is 481 g/mol. The second-order valence-electron chi connectivity index (χ2n) is 8.47. The van der Waals surface area contributed by atoms with Crippen molar-refractivity contribution in [1.82, 2.24) is 24.1 Å². The number of hydrogen-bond donors (Lipinski definition) is 0. The first-order chi connectivity index (χ1) is 15.9. The quantitative estimate of drug-likeness (QED) is 0.360. The second kappa shape index (κ2) is 8.50. The molecule has 6 nitrogen and oxygen atoms in total. The lowest BCUT2D eigenvalue weighted by Gasteiger charge is -2.41. The molecule has 2 atom stereocenters. The van der Waals surface area contributed by atoms with E-state index in [0.29, 0.717) is 15.7 Å². The highest BCUT2D eigenvalue weighted by atomic mass is 35.5. The predicted octanol–water partition coefficient (Wildman–Crippen LogP) is 5.97. The molecule has 1 aromatic carbocycles. The van der Waals surface area contributed by atoms with Crippen LogP contribution in [0.1, 0.15) is 54.5 Å². The van der Waals surface area contributed by atoms with Crippen molar-refractivity contribution in [1.29, 1.82) is 0 Å². The Morgan fingerprint density at radius 1 is 1.12 bits per heavy atom. The summed E-state index contributed by atoms with van der Waals surface area (Å²) >= 11 is 12.6. The number of amides is 1. The van der Waals surface area contributed by atoms with Crippen LogP contribution in [-0.2, 0) is 13.5 Å². The first-order valence-electron chi connectivity index (χ1n) is 11.2. The third-order valence-electron chi connectivity index (χ3n) is 6.53. The maximum Gasteiger partial charge on any atom is 0.273 e. The van der Waals surface area contributed by atoms with Crippen LogP contribution in [0.15, 0.2) is 48.8 Å². The second-order valence-corrected chi connectivity index (χ2v) is 9.34. The van der Waals surface area contributed by atoms with Crippen LogP contribution in [0.25, 0.3) is 16.9 Å². The minimum Gasteiger partial charge on any atom is -0.325 e. The van der Waals surface area contributed by atoms with Crippen molar-refractivity contribution in [2.75, 3.05) is 0 Å². The molecule has 3 aromatic heterocycles. The van der Waals surface area contributed by atoms with Crippen molar-refractivity contribution < 1.29 is 4.79 Å². The van der Waals surface area contributed by atoms with Gasteiger partial charge in [0.05, 0.1) is 23.6 Å². The zero-order valence-corrected chi connectivity index (χ0v) is 20.3. The summed E-state index contributed by atoms with van der Waals surface area (Å²) in [5.74, 6) is -0.0175. The predicted molar refractivity (Wildman–Crippen MR) is 131 cm³/mol. The van der Waals surface area contributed by atoms with Gasteiger partial charge in [-0.05, 0) is 49.6 Å². The molecule has 0 saturated carbocycles. The molecular formula is C25H25Cl2N5O. The number of imidazole rings is 1. The van der Waals surface area contributed by atoms with Crippen molar-refractivity contribution in [2.45, 2.75) is 45.2 Å². The van der Waals surface area contributed by atoms with E-state index in [1.165, 1.54) is 0 Å². The maximum absolute atomic E-state index is 13.9. The van der Waals surface area contributed by atoms with Gasteiger partial charge < -0.3 is 4.90 Å². The standard InChI is InChI=1S/C25H25Cl2N5O/c1-4-18-13-19-23(29-30(3)24(19)15-10-16(26)12-17(27)11-15)20(5-2)32(18)25(33)21-14-28-22-8-6-7-9-31(21)22/h6-12,14,18,20H,4-5,13H2,1-3H3. The highest BCUT2D eigenvalue weighted by molar-refractivity contribution is 6.35. The van der Waals surface area contributed by atoms with E-state index in [1.807, 2.05) is 57.6 Å². The lowest BCUT2D eigenvalue weighted by Crippen LogP contribution is -2.47. The van der Waals surface area contributed by atoms with Gasteiger partial charge in [-0.3, -0.25) is 13.9 Å². The van der Waals surface area contributed by atoms with Crippen molar-refractivity contribution in [3.63, 3.8) is 0 Å². The van der Waals surface area contributed by atoms with Crippen LogP contribution in [0.3, 0.4) is 0 Å². The van der Waals surface area contributed by atoms with Gasteiger partial charge in [-0.25, -0.2) is 4.98 Å². The van der Waals surface area contributed by atoms with E-state index in [0.717, 1.165) is 47.4 Å². The number of carbonyl (C=O) groups excluding carboxylic acids is 1. The molecule has 0 saturated heterocycles. The molecular weight excluding hydrogens is 457 g/mol. The zero-order chi connectivity index (χ0) is 23.3. The van der Waals surface area contributed by atoms with E-state index < -0.39 is 0 Å². The Morgan fingerprint density at radius 3 is 2.58 bits per heavy atom. The van der Waals surface area contributed by atoms with Crippen molar-refractivity contribution in [3.8, 4) is 11.3 Å². The highest BCUT2D eigenvalue weighted by Crippen LogP contribution is 2.41. The summed E-state index contributed by atoms with van der Waals surface area (Å²) < 4.78 is 3.75.